The van der Waals surface area contributed by atoms with Gasteiger partial charge >= 0.3 is 0 Å². The highest BCUT2D eigenvalue weighted by Crippen LogP contribution is 2.28. The number of pyridine rings is 1. The van der Waals surface area contributed by atoms with Gasteiger partial charge in [0.2, 0.25) is 0 Å². The van der Waals surface area contributed by atoms with E-state index in [1.54, 1.807) is 12.4 Å². The summed E-state index contributed by atoms with van der Waals surface area (Å²) in [6, 6.07) is 10.1. The van der Waals surface area contributed by atoms with E-state index in [4.69, 9.17) is 11.6 Å². The molecule has 1 N–H and O–H groups in total. The van der Waals surface area contributed by atoms with Gasteiger partial charge in [0.15, 0.2) is 0 Å². The molecule has 0 bridgehead atoms. The van der Waals surface area contributed by atoms with E-state index < -0.39 is 0 Å². The molecule has 2 aromatic rings. The minimum absolute atomic E-state index is 0.205. The number of rotatable bonds is 3. The van der Waals surface area contributed by atoms with E-state index in [1.807, 2.05) is 37.3 Å². The minimum Gasteiger partial charge on any atom is -0.377 e. The van der Waals surface area contributed by atoms with Crippen molar-refractivity contribution >= 4 is 17.3 Å². The van der Waals surface area contributed by atoms with Crippen molar-refractivity contribution < 1.29 is 0 Å². The Bertz CT molecular complexity index is 477. The summed E-state index contributed by atoms with van der Waals surface area (Å²) >= 11 is 6.19. The topological polar surface area (TPSA) is 24.9 Å². The number of anilines is 1. The largest absolute Gasteiger partial charge is 0.377 e. The van der Waals surface area contributed by atoms with Crippen molar-refractivity contribution in [1.29, 1.82) is 0 Å². The molecule has 88 valence electrons. The Labute approximate surface area is 107 Å². The van der Waals surface area contributed by atoms with E-state index in [1.165, 1.54) is 5.56 Å². The van der Waals surface area contributed by atoms with Gasteiger partial charge in [-0.3, -0.25) is 4.98 Å². The van der Waals surface area contributed by atoms with Gasteiger partial charge in [-0.1, -0.05) is 23.7 Å². The molecule has 2 nitrogen and oxygen atoms in total. The molecule has 17 heavy (non-hydrogen) atoms. The van der Waals surface area contributed by atoms with Crippen LogP contribution in [0.25, 0.3) is 0 Å². The zero-order valence-electron chi connectivity index (χ0n) is 9.94. The van der Waals surface area contributed by atoms with Gasteiger partial charge in [-0.2, -0.15) is 0 Å². The summed E-state index contributed by atoms with van der Waals surface area (Å²) in [5.41, 5.74) is 3.34. The van der Waals surface area contributed by atoms with Gasteiger partial charge in [0.05, 0.1) is 10.7 Å². The third-order valence-corrected chi connectivity index (χ3v) is 3.10. The number of halogens is 1. The average Bonchev–Trinajstić information content (AvgIpc) is 2.35. The number of hydrogen-bond acceptors (Lipinski definition) is 2. The summed E-state index contributed by atoms with van der Waals surface area (Å²) in [6.45, 7) is 4.16. The summed E-state index contributed by atoms with van der Waals surface area (Å²) in [5, 5.41) is 4.19. The van der Waals surface area contributed by atoms with Crippen LogP contribution in [-0.2, 0) is 0 Å². The Hall–Kier alpha value is -1.54. The van der Waals surface area contributed by atoms with Crippen molar-refractivity contribution in [2.45, 2.75) is 19.9 Å². The van der Waals surface area contributed by atoms with Crippen LogP contribution < -0.4 is 5.32 Å². The van der Waals surface area contributed by atoms with Gasteiger partial charge in [0.25, 0.3) is 0 Å². The number of aromatic nitrogens is 1. The number of nitrogens with one attached hydrogen (secondary N) is 1. The van der Waals surface area contributed by atoms with Crippen molar-refractivity contribution in [2.24, 2.45) is 0 Å². The first kappa shape index (κ1) is 11.9. The lowest BCUT2D eigenvalue weighted by molar-refractivity contribution is 0.879. The number of hydrogen-bond donors (Lipinski definition) is 1. The third-order valence-electron chi connectivity index (χ3n) is 2.79. The fourth-order valence-corrected chi connectivity index (χ4v) is 2.04. The zero-order chi connectivity index (χ0) is 12.3. The Kier molecular flexibility index (Phi) is 3.64. The summed E-state index contributed by atoms with van der Waals surface area (Å²) in [6.07, 6.45) is 3.60. The molecule has 0 spiro atoms. The van der Waals surface area contributed by atoms with E-state index in [0.29, 0.717) is 0 Å². The SMILES string of the molecule is Cc1cccc(Cl)c1NC(C)c1ccncc1. The quantitative estimate of drug-likeness (QED) is 0.877. The van der Waals surface area contributed by atoms with Crippen LogP contribution in [0.5, 0.6) is 0 Å². The molecule has 0 fully saturated rings. The molecule has 3 heteroatoms. The lowest BCUT2D eigenvalue weighted by atomic mass is 10.1. The Morgan fingerprint density at radius 3 is 2.53 bits per heavy atom. The van der Waals surface area contributed by atoms with Crippen molar-refractivity contribution in [3.63, 3.8) is 0 Å². The summed E-state index contributed by atoms with van der Waals surface area (Å²) in [7, 11) is 0. The average molecular weight is 247 g/mol. The third kappa shape index (κ3) is 2.77. The maximum absolute atomic E-state index is 6.19. The molecule has 0 aliphatic heterocycles. The zero-order valence-corrected chi connectivity index (χ0v) is 10.7. The van der Waals surface area contributed by atoms with Crippen LogP contribution in [0.1, 0.15) is 24.1 Å². The molecule has 0 saturated heterocycles. The van der Waals surface area contributed by atoms with Gasteiger partial charge in [-0.05, 0) is 43.2 Å². The maximum atomic E-state index is 6.19. The number of para-hydroxylation sites is 1. The Balaban J connectivity index is 2.22. The molecule has 0 saturated carbocycles. The second-order valence-corrected chi connectivity index (χ2v) is 4.49. The molecule has 1 aromatic carbocycles. The standard InChI is InChI=1S/C14H15ClN2/c1-10-4-3-5-13(15)14(10)17-11(2)12-6-8-16-9-7-12/h3-9,11,17H,1-2H3. The predicted octanol–water partition coefficient (Wildman–Crippen LogP) is 4.22. The fourth-order valence-electron chi connectivity index (χ4n) is 1.77. The summed E-state index contributed by atoms with van der Waals surface area (Å²) < 4.78 is 0. The van der Waals surface area contributed by atoms with Crippen LogP contribution in [-0.4, -0.2) is 4.98 Å². The molecular formula is C14H15ClN2. The van der Waals surface area contributed by atoms with Crippen molar-refractivity contribution in [3.05, 3.63) is 58.9 Å². The van der Waals surface area contributed by atoms with E-state index in [2.05, 4.69) is 17.2 Å². The lowest BCUT2D eigenvalue weighted by Gasteiger charge is -2.18. The molecule has 0 aliphatic carbocycles. The first-order valence-electron chi connectivity index (χ1n) is 5.60. The Morgan fingerprint density at radius 1 is 1.18 bits per heavy atom. The first-order valence-corrected chi connectivity index (χ1v) is 5.98. The normalized spacial score (nSPS) is 12.2. The predicted molar refractivity (Wildman–Crippen MR) is 72.5 cm³/mol. The molecule has 1 heterocycles. The van der Waals surface area contributed by atoms with Crippen LogP contribution in [0.15, 0.2) is 42.7 Å². The molecule has 2 rings (SSSR count). The monoisotopic (exact) mass is 246 g/mol. The number of aryl methyl sites for hydroxylation is 1. The van der Waals surface area contributed by atoms with Crippen molar-refractivity contribution in [2.75, 3.05) is 5.32 Å². The first-order chi connectivity index (χ1) is 8.18. The van der Waals surface area contributed by atoms with E-state index in [-0.39, 0.29) is 6.04 Å². The van der Waals surface area contributed by atoms with Gasteiger partial charge in [-0.25, -0.2) is 0 Å². The van der Waals surface area contributed by atoms with Crippen LogP contribution in [0, 0.1) is 6.92 Å². The van der Waals surface area contributed by atoms with Crippen LogP contribution in [0.3, 0.4) is 0 Å². The van der Waals surface area contributed by atoms with Gasteiger partial charge in [0, 0.05) is 18.4 Å². The van der Waals surface area contributed by atoms with Crippen LogP contribution >= 0.6 is 11.6 Å². The summed E-state index contributed by atoms with van der Waals surface area (Å²) in [4.78, 5) is 4.02. The lowest BCUT2D eigenvalue weighted by Crippen LogP contribution is -2.08. The smallest absolute Gasteiger partial charge is 0.0640 e. The second-order valence-electron chi connectivity index (χ2n) is 4.08. The number of benzene rings is 1. The molecular weight excluding hydrogens is 232 g/mol. The van der Waals surface area contributed by atoms with Crippen LogP contribution in [0.4, 0.5) is 5.69 Å². The molecule has 0 radical (unpaired) electrons. The van der Waals surface area contributed by atoms with E-state index in [0.717, 1.165) is 16.3 Å². The Morgan fingerprint density at radius 2 is 1.88 bits per heavy atom. The summed E-state index contributed by atoms with van der Waals surface area (Å²) in [5.74, 6) is 0. The highest BCUT2D eigenvalue weighted by molar-refractivity contribution is 6.33. The van der Waals surface area contributed by atoms with Gasteiger partial charge in [0.1, 0.15) is 0 Å². The molecule has 0 amide bonds. The highest BCUT2D eigenvalue weighted by atomic mass is 35.5. The van der Waals surface area contributed by atoms with E-state index in [9.17, 15) is 0 Å². The highest BCUT2D eigenvalue weighted by Gasteiger charge is 2.09. The van der Waals surface area contributed by atoms with Crippen molar-refractivity contribution in [3.8, 4) is 0 Å². The van der Waals surface area contributed by atoms with Crippen molar-refractivity contribution in [1.82, 2.24) is 4.98 Å². The van der Waals surface area contributed by atoms with Gasteiger partial charge < -0.3 is 5.32 Å². The molecule has 0 aliphatic rings. The van der Waals surface area contributed by atoms with Crippen LogP contribution in [0.2, 0.25) is 5.02 Å². The minimum atomic E-state index is 0.205. The molecule has 1 aromatic heterocycles. The second kappa shape index (κ2) is 5.19. The van der Waals surface area contributed by atoms with E-state index >= 15 is 0 Å². The molecule has 1 unspecified atom stereocenters. The fraction of sp³-hybridized carbons (Fsp3) is 0.214. The van der Waals surface area contributed by atoms with Gasteiger partial charge in [-0.15, -0.1) is 0 Å². The number of nitrogens with zero attached hydrogens (tertiary/aromatic N) is 1. The maximum Gasteiger partial charge on any atom is 0.0640 e. The molecule has 1 atom stereocenters.